The minimum Gasteiger partial charge on any atom is -0.396 e. The number of aliphatic hydroxyl groups excluding tert-OH is 1. The van der Waals surface area contributed by atoms with Crippen LogP contribution in [0.1, 0.15) is 49.3 Å². The third-order valence-corrected chi connectivity index (χ3v) is 4.93. The summed E-state index contributed by atoms with van der Waals surface area (Å²) in [5.74, 6) is 0.126. The van der Waals surface area contributed by atoms with Crippen molar-refractivity contribution in [3.05, 3.63) is 35.1 Å². The summed E-state index contributed by atoms with van der Waals surface area (Å²) in [6.07, 6.45) is 5.44. The van der Waals surface area contributed by atoms with Gasteiger partial charge in [0.15, 0.2) is 0 Å². The molecule has 1 aromatic rings. The van der Waals surface area contributed by atoms with Gasteiger partial charge in [-0.15, -0.1) is 0 Å². The first kappa shape index (κ1) is 15.3. The minimum absolute atomic E-state index is 0.0977. The molecule has 0 bridgehead atoms. The fraction of sp³-hybridized carbons (Fsp3) is 0.588. The van der Waals surface area contributed by atoms with Gasteiger partial charge in [0.05, 0.1) is 6.04 Å². The van der Waals surface area contributed by atoms with Gasteiger partial charge in [0.1, 0.15) is 5.82 Å². The summed E-state index contributed by atoms with van der Waals surface area (Å²) in [5, 5.41) is 15.1. The number of urea groups is 1. The molecular weight excluding hydrogens is 283 g/mol. The van der Waals surface area contributed by atoms with E-state index in [1.807, 2.05) is 0 Å². The molecule has 4 nitrogen and oxygen atoms in total. The Labute approximate surface area is 130 Å². The monoisotopic (exact) mass is 306 g/mol. The van der Waals surface area contributed by atoms with Crippen LogP contribution in [0.5, 0.6) is 0 Å². The molecule has 1 unspecified atom stereocenters. The molecule has 22 heavy (non-hydrogen) atoms. The van der Waals surface area contributed by atoms with Crippen LogP contribution in [0.4, 0.5) is 9.18 Å². The molecule has 3 N–H and O–H groups in total. The van der Waals surface area contributed by atoms with Gasteiger partial charge in [-0.05, 0) is 67.7 Å². The van der Waals surface area contributed by atoms with Crippen LogP contribution in [0, 0.1) is 11.7 Å². The molecule has 1 aromatic carbocycles. The summed E-state index contributed by atoms with van der Waals surface area (Å²) in [7, 11) is 0. The van der Waals surface area contributed by atoms with Crippen LogP contribution < -0.4 is 10.6 Å². The molecule has 0 radical (unpaired) electrons. The Bertz CT molecular complexity index is 541. The third kappa shape index (κ3) is 3.40. The molecule has 2 aliphatic carbocycles. The topological polar surface area (TPSA) is 61.4 Å². The van der Waals surface area contributed by atoms with Gasteiger partial charge >= 0.3 is 6.03 Å². The van der Waals surface area contributed by atoms with E-state index >= 15 is 0 Å². The maximum absolute atomic E-state index is 13.4. The lowest BCUT2D eigenvalue weighted by Crippen LogP contribution is -2.44. The standard InChI is InChI=1S/C17H23FN2O2/c18-13-5-3-12-4-8-16(15(12)9-13)20-17(22)19-14-6-1-11(10-21)2-7-14/h3,5,9,11,14,16,21H,1-2,4,6-8,10H2,(H2,19,20,22). The van der Waals surface area contributed by atoms with E-state index in [-0.39, 0.29) is 30.5 Å². The number of carbonyl (C=O) groups excluding carboxylic acids is 1. The van der Waals surface area contributed by atoms with Crippen LogP contribution in [-0.4, -0.2) is 23.8 Å². The Hall–Kier alpha value is -1.62. The highest BCUT2D eigenvalue weighted by molar-refractivity contribution is 5.75. The molecule has 1 atom stereocenters. The van der Waals surface area contributed by atoms with Crippen molar-refractivity contribution < 1.29 is 14.3 Å². The average Bonchev–Trinajstić information content (AvgIpc) is 2.90. The maximum atomic E-state index is 13.4. The van der Waals surface area contributed by atoms with E-state index < -0.39 is 0 Å². The van der Waals surface area contributed by atoms with E-state index in [4.69, 9.17) is 5.11 Å². The second-order valence-corrected chi connectivity index (χ2v) is 6.45. The molecule has 0 aromatic heterocycles. The van der Waals surface area contributed by atoms with Crippen LogP contribution in [0.15, 0.2) is 18.2 Å². The first-order valence-electron chi connectivity index (χ1n) is 8.12. The van der Waals surface area contributed by atoms with Gasteiger partial charge in [0, 0.05) is 12.6 Å². The lowest BCUT2D eigenvalue weighted by Gasteiger charge is -2.28. The maximum Gasteiger partial charge on any atom is 0.315 e. The zero-order valence-electron chi connectivity index (χ0n) is 12.6. The number of nitrogens with one attached hydrogen (secondary N) is 2. The van der Waals surface area contributed by atoms with Gasteiger partial charge in [-0.3, -0.25) is 0 Å². The van der Waals surface area contributed by atoms with Gasteiger partial charge in [-0.1, -0.05) is 6.07 Å². The van der Waals surface area contributed by atoms with Gasteiger partial charge in [0.2, 0.25) is 0 Å². The Morgan fingerprint density at radius 2 is 1.95 bits per heavy atom. The van der Waals surface area contributed by atoms with Crippen molar-refractivity contribution in [3.8, 4) is 0 Å². The zero-order valence-corrected chi connectivity index (χ0v) is 12.6. The molecular formula is C17H23FN2O2. The SMILES string of the molecule is O=C(NC1CCC(CO)CC1)NC1CCc2ccc(F)cc21. The summed E-state index contributed by atoms with van der Waals surface area (Å²) >= 11 is 0. The van der Waals surface area contributed by atoms with Crippen LogP contribution in [0.25, 0.3) is 0 Å². The molecule has 5 heteroatoms. The molecule has 1 saturated carbocycles. The van der Waals surface area contributed by atoms with Crippen LogP contribution in [0.2, 0.25) is 0 Å². The number of aliphatic hydroxyl groups is 1. The molecule has 0 heterocycles. The van der Waals surface area contributed by atoms with E-state index in [0.717, 1.165) is 49.7 Å². The van der Waals surface area contributed by atoms with Crippen molar-refractivity contribution in [1.29, 1.82) is 0 Å². The number of amides is 2. The molecule has 0 aliphatic heterocycles. The third-order valence-electron chi connectivity index (χ3n) is 4.93. The summed E-state index contributed by atoms with van der Waals surface area (Å²) in [5.41, 5.74) is 2.02. The Kier molecular flexibility index (Phi) is 4.62. The number of halogens is 1. The van der Waals surface area contributed by atoms with Crippen molar-refractivity contribution in [3.63, 3.8) is 0 Å². The summed E-state index contributed by atoms with van der Waals surface area (Å²) in [6, 6.07) is 4.71. The minimum atomic E-state index is -0.254. The van der Waals surface area contributed by atoms with Crippen LogP contribution >= 0.6 is 0 Å². The Morgan fingerprint density at radius 1 is 1.18 bits per heavy atom. The van der Waals surface area contributed by atoms with E-state index in [2.05, 4.69) is 10.6 Å². The van der Waals surface area contributed by atoms with Gasteiger partial charge < -0.3 is 15.7 Å². The zero-order chi connectivity index (χ0) is 15.5. The van der Waals surface area contributed by atoms with Gasteiger partial charge in [-0.2, -0.15) is 0 Å². The lowest BCUT2D eigenvalue weighted by atomic mass is 9.87. The second-order valence-electron chi connectivity index (χ2n) is 6.45. The summed E-state index contributed by atoms with van der Waals surface area (Å²) < 4.78 is 13.4. The summed E-state index contributed by atoms with van der Waals surface area (Å²) in [4.78, 5) is 12.1. The van der Waals surface area contributed by atoms with Crippen molar-refractivity contribution >= 4 is 6.03 Å². The Balaban J connectivity index is 1.52. The smallest absolute Gasteiger partial charge is 0.315 e. The fourth-order valence-electron chi connectivity index (χ4n) is 3.60. The number of benzene rings is 1. The number of aryl methyl sites for hydroxylation is 1. The Morgan fingerprint density at radius 3 is 2.68 bits per heavy atom. The quantitative estimate of drug-likeness (QED) is 0.804. The molecule has 0 spiro atoms. The normalized spacial score (nSPS) is 27.3. The molecule has 0 saturated heterocycles. The van der Waals surface area contributed by atoms with Crippen molar-refractivity contribution in [1.82, 2.24) is 10.6 Å². The predicted molar refractivity (Wildman–Crippen MR) is 82.0 cm³/mol. The average molecular weight is 306 g/mol. The lowest BCUT2D eigenvalue weighted by molar-refractivity contribution is 0.174. The van der Waals surface area contributed by atoms with Gasteiger partial charge in [0.25, 0.3) is 0 Å². The van der Waals surface area contributed by atoms with Crippen molar-refractivity contribution in [2.75, 3.05) is 6.61 Å². The van der Waals surface area contributed by atoms with Crippen molar-refractivity contribution in [2.45, 2.75) is 50.6 Å². The molecule has 3 rings (SSSR count). The number of carbonyl (C=O) groups is 1. The highest BCUT2D eigenvalue weighted by Crippen LogP contribution is 2.31. The van der Waals surface area contributed by atoms with Crippen LogP contribution in [-0.2, 0) is 6.42 Å². The fourth-order valence-corrected chi connectivity index (χ4v) is 3.60. The van der Waals surface area contributed by atoms with E-state index in [0.29, 0.717) is 5.92 Å². The van der Waals surface area contributed by atoms with Crippen molar-refractivity contribution in [2.24, 2.45) is 5.92 Å². The number of hydrogen-bond acceptors (Lipinski definition) is 2. The van der Waals surface area contributed by atoms with E-state index in [1.165, 1.54) is 12.1 Å². The second kappa shape index (κ2) is 6.65. The first-order chi connectivity index (χ1) is 10.7. The number of hydrogen-bond donors (Lipinski definition) is 3. The predicted octanol–water partition coefficient (Wildman–Crippen LogP) is 2.66. The van der Waals surface area contributed by atoms with Gasteiger partial charge in [-0.25, -0.2) is 9.18 Å². The molecule has 2 amide bonds. The number of rotatable bonds is 3. The largest absolute Gasteiger partial charge is 0.396 e. The molecule has 2 aliphatic rings. The highest BCUT2D eigenvalue weighted by atomic mass is 19.1. The van der Waals surface area contributed by atoms with E-state index in [9.17, 15) is 9.18 Å². The highest BCUT2D eigenvalue weighted by Gasteiger charge is 2.26. The van der Waals surface area contributed by atoms with E-state index in [1.54, 1.807) is 6.07 Å². The summed E-state index contributed by atoms with van der Waals surface area (Å²) in [6.45, 7) is 0.239. The molecule has 120 valence electrons. The number of fused-ring (bicyclic) bond motifs is 1. The molecule has 1 fully saturated rings. The first-order valence-corrected chi connectivity index (χ1v) is 8.12. The van der Waals surface area contributed by atoms with Crippen LogP contribution in [0.3, 0.4) is 0 Å².